The number of carboxylic acid groups (broad SMARTS) is 1. The number of carbonyl (C=O) groups excluding carboxylic acids is 1. The largest absolute Gasteiger partial charge is 0.481 e. The Balaban J connectivity index is 2.24. The van der Waals surface area contributed by atoms with Crippen molar-refractivity contribution in [3.8, 4) is 5.69 Å². The van der Waals surface area contributed by atoms with E-state index in [1.54, 1.807) is 0 Å². The zero-order chi connectivity index (χ0) is 20.2. The van der Waals surface area contributed by atoms with Crippen molar-refractivity contribution in [3.63, 3.8) is 0 Å². The van der Waals surface area contributed by atoms with Gasteiger partial charge in [0.15, 0.2) is 5.69 Å². The summed E-state index contributed by atoms with van der Waals surface area (Å²) in [5, 5.41) is 16.3. The van der Waals surface area contributed by atoms with Gasteiger partial charge in [-0.25, -0.2) is 4.68 Å². The van der Waals surface area contributed by atoms with Gasteiger partial charge in [0, 0.05) is 13.1 Å². The Bertz CT molecular complexity index is 818. The van der Waals surface area contributed by atoms with Crippen LogP contribution in [0.25, 0.3) is 5.69 Å². The number of halogens is 3. The van der Waals surface area contributed by atoms with Gasteiger partial charge in [-0.1, -0.05) is 25.1 Å². The molecule has 0 unspecified atom stereocenters. The smallest absolute Gasteiger partial charge is 0.416 e. The lowest BCUT2D eigenvalue weighted by Gasteiger charge is -2.22. The summed E-state index contributed by atoms with van der Waals surface area (Å²) in [6.07, 6.45) is -3.49. The second kappa shape index (κ2) is 8.19. The molecule has 7 nitrogen and oxygen atoms in total. The van der Waals surface area contributed by atoms with E-state index in [-0.39, 0.29) is 30.3 Å². The number of hydrogen-bond acceptors (Lipinski definition) is 4. The minimum Gasteiger partial charge on any atom is -0.481 e. The van der Waals surface area contributed by atoms with Crippen LogP contribution in [0.2, 0.25) is 0 Å². The first kappa shape index (κ1) is 20.4. The third-order valence-corrected chi connectivity index (χ3v) is 3.62. The number of benzene rings is 1. The molecule has 0 radical (unpaired) electrons. The molecule has 0 saturated heterocycles. The fourth-order valence-electron chi connectivity index (χ4n) is 2.42. The number of amides is 1. The molecule has 0 aliphatic heterocycles. The van der Waals surface area contributed by atoms with Crippen LogP contribution in [0.5, 0.6) is 0 Å². The molecule has 0 spiro atoms. The molecule has 10 heteroatoms. The van der Waals surface area contributed by atoms with Crippen molar-refractivity contribution in [2.75, 3.05) is 13.1 Å². The van der Waals surface area contributed by atoms with Crippen molar-refractivity contribution in [3.05, 3.63) is 41.7 Å². The van der Waals surface area contributed by atoms with Crippen LogP contribution in [0.15, 0.2) is 30.5 Å². The molecule has 0 bridgehead atoms. The van der Waals surface area contributed by atoms with Gasteiger partial charge in [-0.15, -0.1) is 5.10 Å². The molecule has 1 amide bonds. The third-order valence-electron chi connectivity index (χ3n) is 3.62. The van der Waals surface area contributed by atoms with Crippen LogP contribution in [-0.2, 0) is 11.0 Å². The molecular weight excluding hydrogens is 365 g/mol. The minimum atomic E-state index is -4.50. The van der Waals surface area contributed by atoms with Crippen LogP contribution in [0, 0.1) is 5.92 Å². The van der Waals surface area contributed by atoms with Crippen molar-refractivity contribution >= 4 is 11.9 Å². The number of rotatable bonds is 7. The van der Waals surface area contributed by atoms with Crippen LogP contribution < -0.4 is 0 Å². The molecule has 1 N–H and O–H groups in total. The average molecular weight is 384 g/mol. The number of carboxylic acids is 1. The Morgan fingerprint density at radius 3 is 2.59 bits per heavy atom. The van der Waals surface area contributed by atoms with Gasteiger partial charge in [-0.3, -0.25) is 9.59 Å². The van der Waals surface area contributed by atoms with E-state index in [9.17, 15) is 22.8 Å². The minimum absolute atomic E-state index is 0.00274. The highest BCUT2D eigenvalue weighted by Crippen LogP contribution is 2.30. The molecule has 1 aromatic carbocycles. The molecule has 2 aromatic rings. The predicted octanol–water partition coefficient (Wildman–Crippen LogP) is 2.86. The second-order valence-corrected chi connectivity index (χ2v) is 6.39. The molecule has 2 rings (SSSR count). The summed E-state index contributed by atoms with van der Waals surface area (Å²) in [6, 6.07) is 4.48. The van der Waals surface area contributed by atoms with Gasteiger partial charge in [-0.2, -0.15) is 13.2 Å². The van der Waals surface area contributed by atoms with Gasteiger partial charge < -0.3 is 10.0 Å². The Morgan fingerprint density at radius 1 is 1.30 bits per heavy atom. The summed E-state index contributed by atoms with van der Waals surface area (Å²) >= 11 is 0. The summed E-state index contributed by atoms with van der Waals surface area (Å²) in [5.41, 5.74) is -0.804. The molecule has 0 aliphatic carbocycles. The van der Waals surface area contributed by atoms with Crippen LogP contribution in [0.3, 0.4) is 0 Å². The maximum atomic E-state index is 12.8. The molecule has 27 heavy (non-hydrogen) atoms. The topological polar surface area (TPSA) is 88.3 Å². The lowest BCUT2D eigenvalue weighted by atomic mass is 10.2. The molecule has 1 heterocycles. The van der Waals surface area contributed by atoms with Crippen LogP contribution in [0.1, 0.15) is 36.3 Å². The van der Waals surface area contributed by atoms with Gasteiger partial charge in [0.05, 0.1) is 23.9 Å². The first-order valence-corrected chi connectivity index (χ1v) is 8.19. The van der Waals surface area contributed by atoms with E-state index in [0.29, 0.717) is 6.54 Å². The summed E-state index contributed by atoms with van der Waals surface area (Å²) < 4.78 is 39.6. The zero-order valence-corrected chi connectivity index (χ0v) is 14.8. The Morgan fingerprint density at radius 2 is 2.00 bits per heavy atom. The molecule has 0 atom stereocenters. The number of hydrogen-bond donors (Lipinski definition) is 1. The second-order valence-electron chi connectivity index (χ2n) is 6.39. The first-order chi connectivity index (χ1) is 12.6. The quantitative estimate of drug-likeness (QED) is 0.793. The lowest BCUT2D eigenvalue weighted by Crippen LogP contribution is -2.36. The fraction of sp³-hybridized carbons (Fsp3) is 0.412. The summed E-state index contributed by atoms with van der Waals surface area (Å²) in [4.78, 5) is 24.7. The van der Waals surface area contributed by atoms with Crippen molar-refractivity contribution in [1.29, 1.82) is 0 Å². The number of alkyl halides is 3. The normalized spacial score (nSPS) is 11.6. The first-order valence-electron chi connectivity index (χ1n) is 8.19. The summed E-state index contributed by atoms with van der Waals surface area (Å²) in [6.45, 7) is 4.08. The van der Waals surface area contributed by atoms with Gasteiger partial charge in [-0.05, 0) is 24.1 Å². The highest BCUT2D eigenvalue weighted by molar-refractivity contribution is 5.92. The van der Waals surface area contributed by atoms with Gasteiger partial charge >= 0.3 is 12.1 Å². The van der Waals surface area contributed by atoms with E-state index in [1.165, 1.54) is 23.2 Å². The molecule has 1 aromatic heterocycles. The molecule has 146 valence electrons. The van der Waals surface area contributed by atoms with Crippen LogP contribution >= 0.6 is 0 Å². The SMILES string of the molecule is CC(C)CN(CCC(=O)O)C(=O)c1cn(-c2cccc(C(F)(F)F)c2)nn1. The number of aromatic nitrogens is 3. The number of aliphatic carboxylic acids is 1. The standard InChI is InChI=1S/C17H19F3N4O3/c1-11(2)9-23(7-6-15(25)26)16(27)14-10-24(22-21-14)13-5-3-4-12(8-13)17(18,19)20/h3-5,8,10-11H,6-7,9H2,1-2H3,(H,25,26). The lowest BCUT2D eigenvalue weighted by molar-refractivity contribution is -0.138. The van der Waals surface area contributed by atoms with E-state index in [2.05, 4.69) is 10.3 Å². The average Bonchev–Trinajstić information content (AvgIpc) is 3.07. The Kier molecular flexibility index (Phi) is 6.19. The fourth-order valence-corrected chi connectivity index (χ4v) is 2.42. The van der Waals surface area contributed by atoms with E-state index < -0.39 is 23.6 Å². The van der Waals surface area contributed by atoms with E-state index in [4.69, 9.17) is 5.11 Å². The van der Waals surface area contributed by atoms with Crippen molar-refractivity contribution in [2.24, 2.45) is 5.92 Å². The molecule has 0 saturated carbocycles. The Hall–Kier alpha value is -2.91. The maximum Gasteiger partial charge on any atom is 0.416 e. The van der Waals surface area contributed by atoms with E-state index >= 15 is 0 Å². The monoisotopic (exact) mass is 384 g/mol. The van der Waals surface area contributed by atoms with E-state index in [0.717, 1.165) is 16.8 Å². The summed E-state index contributed by atoms with van der Waals surface area (Å²) in [5.74, 6) is -1.46. The third kappa shape index (κ3) is 5.53. The van der Waals surface area contributed by atoms with Crippen LogP contribution in [-0.4, -0.2) is 50.0 Å². The molecule has 0 fully saturated rings. The van der Waals surface area contributed by atoms with Crippen LogP contribution in [0.4, 0.5) is 13.2 Å². The van der Waals surface area contributed by atoms with Gasteiger partial charge in [0.2, 0.25) is 0 Å². The number of carbonyl (C=O) groups is 2. The van der Waals surface area contributed by atoms with Gasteiger partial charge in [0.25, 0.3) is 5.91 Å². The van der Waals surface area contributed by atoms with Crippen molar-refractivity contribution < 1.29 is 27.9 Å². The zero-order valence-electron chi connectivity index (χ0n) is 14.8. The maximum absolute atomic E-state index is 12.8. The highest BCUT2D eigenvalue weighted by Gasteiger charge is 2.30. The number of nitrogens with zero attached hydrogens (tertiary/aromatic N) is 4. The van der Waals surface area contributed by atoms with Crippen molar-refractivity contribution in [1.82, 2.24) is 19.9 Å². The Labute approximate surface area is 153 Å². The molecule has 0 aliphatic rings. The molecular formula is C17H19F3N4O3. The van der Waals surface area contributed by atoms with E-state index in [1.807, 2.05) is 13.8 Å². The predicted molar refractivity (Wildman–Crippen MR) is 89.4 cm³/mol. The highest BCUT2D eigenvalue weighted by atomic mass is 19.4. The van der Waals surface area contributed by atoms with Gasteiger partial charge in [0.1, 0.15) is 0 Å². The van der Waals surface area contributed by atoms with Crippen molar-refractivity contribution in [2.45, 2.75) is 26.4 Å². The summed E-state index contributed by atoms with van der Waals surface area (Å²) in [7, 11) is 0.